The summed E-state index contributed by atoms with van der Waals surface area (Å²) in [6.45, 7) is 2.16. The monoisotopic (exact) mass is 360 g/mol. The van der Waals surface area contributed by atoms with Crippen LogP contribution in [0.3, 0.4) is 0 Å². The van der Waals surface area contributed by atoms with Gasteiger partial charge in [0.05, 0.1) is 16.4 Å². The Morgan fingerprint density at radius 1 is 0.821 bits per heavy atom. The average molecular weight is 360 g/mol. The highest BCUT2D eigenvalue weighted by Crippen LogP contribution is 2.41. The van der Waals surface area contributed by atoms with Crippen molar-refractivity contribution >= 4 is 57.2 Å². The summed E-state index contributed by atoms with van der Waals surface area (Å²) < 4.78 is 8.64. The molecule has 3 heterocycles. The summed E-state index contributed by atoms with van der Waals surface area (Å²) in [5.41, 5.74) is 6.37. The van der Waals surface area contributed by atoms with E-state index in [-0.39, 0.29) is 0 Å². The number of nitrogens with zero attached hydrogens (tertiary/aromatic N) is 2. The number of benzene rings is 3. The molecule has 3 aromatic carbocycles. The van der Waals surface area contributed by atoms with Crippen LogP contribution in [0.25, 0.3) is 49.6 Å². The van der Waals surface area contributed by atoms with E-state index in [0.717, 1.165) is 39.0 Å². The van der Waals surface area contributed by atoms with Crippen molar-refractivity contribution in [1.82, 2.24) is 9.55 Å². The van der Waals surface area contributed by atoms with E-state index >= 15 is 0 Å². The Kier molecular flexibility index (Phi) is 3.04. The van der Waals surface area contributed by atoms with Crippen LogP contribution in [-0.4, -0.2) is 17.4 Å². The average Bonchev–Trinajstić information content (AvgIpc) is 3.24. The molecule has 3 nitrogen and oxygen atoms in total. The number of para-hydroxylation sites is 2. The predicted octanol–water partition coefficient (Wildman–Crippen LogP) is 4.64. The zero-order valence-corrected chi connectivity index (χ0v) is 15.7. The Balaban J connectivity index is 1.90. The molecule has 0 aliphatic heterocycles. The van der Waals surface area contributed by atoms with E-state index in [1.165, 1.54) is 21.7 Å². The van der Waals surface area contributed by atoms with Crippen LogP contribution in [0.2, 0.25) is 0 Å². The number of fused-ring (bicyclic) bond motifs is 7. The number of rotatable bonds is 1. The maximum Gasteiger partial charge on any atom is 0.164 e. The first kappa shape index (κ1) is 15.5. The van der Waals surface area contributed by atoms with Gasteiger partial charge in [-0.3, -0.25) is 4.57 Å². The van der Waals surface area contributed by atoms with Crippen LogP contribution < -0.4 is 5.59 Å². The van der Waals surface area contributed by atoms with E-state index in [4.69, 9.17) is 9.40 Å². The highest BCUT2D eigenvalue weighted by atomic mass is 16.3. The van der Waals surface area contributed by atoms with Crippen molar-refractivity contribution in [2.45, 2.75) is 6.92 Å². The minimum atomic E-state index is 0.929. The molecule has 3 aromatic heterocycles. The number of aromatic nitrogens is 2. The van der Waals surface area contributed by atoms with Gasteiger partial charge in [0.1, 0.15) is 17.0 Å². The lowest BCUT2D eigenvalue weighted by molar-refractivity contribution is 0.673. The van der Waals surface area contributed by atoms with E-state index in [2.05, 4.69) is 66.1 Å². The second-order valence-corrected chi connectivity index (χ2v) is 7.38. The summed E-state index contributed by atoms with van der Waals surface area (Å²) in [4.78, 5) is 4.80. The summed E-state index contributed by atoms with van der Waals surface area (Å²) in [5, 5.41) is 4.70. The largest absolute Gasteiger partial charge is 0.455 e. The molecule has 0 N–H and O–H groups in total. The lowest BCUT2D eigenvalue weighted by Gasteiger charge is -2.08. The molecule has 6 rings (SSSR count). The molecule has 132 valence electrons. The van der Waals surface area contributed by atoms with Gasteiger partial charge in [0.25, 0.3) is 0 Å². The SMILES string of the molecule is Bc1cccc(-n2c3ccccc3c3c4oc5ccccc5c4c(C)cc32)n1. The van der Waals surface area contributed by atoms with Gasteiger partial charge < -0.3 is 4.42 Å². The molecule has 0 radical (unpaired) electrons. The molecule has 0 amide bonds. The molecular formula is C24H17BN2O. The third-order valence-electron chi connectivity index (χ3n) is 5.58. The van der Waals surface area contributed by atoms with Gasteiger partial charge in [0.15, 0.2) is 7.85 Å². The molecule has 0 saturated heterocycles. The van der Waals surface area contributed by atoms with E-state index in [1.54, 1.807) is 0 Å². The van der Waals surface area contributed by atoms with Gasteiger partial charge in [-0.25, -0.2) is 4.98 Å². The summed E-state index contributed by atoms with van der Waals surface area (Å²) in [5.74, 6) is 0.932. The van der Waals surface area contributed by atoms with Gasteiger partial charge in [0, 0.05) is 16.2 Å². The first-order valence-electron chi connectivity index (χ1n) is 9.50. The van der Waals surface area contributed by atoms with Crippen molar-refractivity contribution in [3.8, 4) is 5.82 Å². The first-order valence-corrected chi connectivity index (χ1v) is 9.50. The Hall–Kier alpha value is -3.53. The Morgan fingerprint density at radius 2 is 1.61 bits per heavy atom. The van der Waals surface area contributed by atoms with Crippen molar-refractivity contribution in [3.63, 3.8) is 0 Å². The topological polar surface area (TPSA) is 31.0 Å². The number of aryl methyl sites for hydroxylation is 1. The van der Waals surface area contributed by atoms with Crippen molar-refractivity contribution in [3.05, 3.63) is 78.4 Å². The number of hydrogen-bond acceptors (Lipinski definition) is 2. The van der Waals surface area contributed by atoms with Gasteiger partial charge in [-0.15, -0.1) is 0 Å². The smallest absolute Gasteiger partial charge is 0.164 e. The summed E-state index contributed by atoms with van der Waals surface area (Å²) >= 11 is 0. The predicted molar refractivity (Wildman–Crippen MR) is 119 cm³/mol. The Morgan fingerprint density at radius 3 is 2.46 bits per heavy atom. The fraction of sp³-hybridized carbons (Fsp3) is 0.0417. The molecule has 0 unspecified atom stereocenters. The molecule has 0 aliphatic rings. The van der Waals surface area contributed by atoms with Crippen LogP contribution in [-0.2, 0) is 0 Å². The first-order chi connectivity index (χ1) is 13.7. The normalized spacial score (nSPS) is 11.9. The van der Waals surface area contributed by atoms with Crippen LogP contribution in [0.4, 0.5) is 0 Å². The molecule has 4 heteroatoms. The third-order valence-corrected chi connectivity index (χ3v) is 5.58. The summed E-state index contributed by atoms with van der Waals surface area (Å²) in [6.07, 6.45) is 0. The second-order valence-electron chi connectivity index (χ2n) is 7.38. The summed E-state index contributed by atoms with van der Waals surface area (Å²) in [6, 6.07) is 25.2. The van der Waals surface area contributed by atoms with E-state index in [0.29, 0.717) is 0 Å². The number of furan rings is 1. The summed E-state index contributed by atoms with van der Waals surface area (Å²) in [7, 11) is 2.03. The highest BCUT2D eigenvalue weighted by Gasteiger charge is 2.20. The van der Waals surface area contributed by atoms with Gasteiger partial charge >= 0.3 is 0 Å². The minimum Gasteiger partial charge on any atom is -0.455 e. The molecule has 0 bridgehead atoms. The zero-order valence-electron chi connectivity index (χ0n) is 15.7. The molecule has 0 spiro atoms. The standard InChI is InChI=1S/C24H17BN2O/c1-14-13-18-23(24-22(14)16-8-3-5-10-19(16)28-24)15-7-2-4-9-17(15)27(18)21-12-6-11-20(25)26-21/h2-13H,25H2,1H3. The molecule has 28 heavy (non-hydrogen) atoms. The van der Waals surface area contributed by atoms with E-state index in [1.807, 2.05) is 26.0 Å². The number of pyridine rings is 1. The Bertz CT molecular complexity index is 1540. The fourth-order valence-corrected chi connectivity index (χ4v) is 4.43. The third kappa shape index (κ3) is 1.97. The minimum absolute atomic E-state index is 0.929. The molecule has 0 atom stereocenters. The van der Waals surface area contributed by atoms with Crippen LogP contribution in [0, 0.1) is 6.92 Å². The van der Waals surface area contributed by atoms with Crippen LogP contribution >= 0.6 is 0 Å². The maximum atomic E-state index is 6.39. The maximum absolute atomic E-state index is 6.39. The molecule has 0 saturated carbocycles. The van der Waals surface area contributed by atoms with E-state index in [9.17, 15) is 0 Å². The molecule has 0 aliphatic carbocycles. The van der Waals surface area contributed by atoms with Gasteiger partial charge in [-0.2, -0.15) is 0 Å². The highest BCUT2D eigenvalue weighted by molar-refractivity contribution is 6.30. The van der Waals surface area contributed by atoms with Gasteiger partial charge in [-0.05, 0) is 42.3 Å². The second kappa shape index (κ2) is 5.49. The molecular weight excluding hydrogens is 343 g/mol. The fourth-order valence-electron chi connectivity index (χ4n) is 4.43. The quantitative estimate of drug-likeness (QED) is 0.400. The van der Waals surface area contributed by atoms with Crippen molar-refractivity contribution < 1.29 is 4.42 Å². The molecule has 0 fully saturated rings. The van der Waals surface area contributed by atoms with Crippen molar-refractivity contribution in [1.29, 1.82) is 0 Å². The van der Waals surface area contributed by atoms with Crippen molar-refractivity contribution in [2.24, 2.45) is 0 Å². The van der Waals surface area contributed by atoms with Crippen LogP contribution in [0.15, 0.2) is 77.2 Å². The van der Waals surface area contributed by atoms with Crippen LogP contribution in [0.5, 0.6) is 0 Å². The number of hydrogen-bond donors (Lipinski definition) is 0. The van der Waals surface area contributed by atoms with Crippen LogP contribution in [0.1, 0.15) is 5.56 Å². The van der Waals surface area contributed by atoms with Gasteiger partial charge in [-0.1, -0.05) is 48.5 Å². The lowest BCUT2D eigenvalue weighted by Crippen LogP contribution is -2.10. The zero-order chi connectivity index (χ0) is 18.8. The molecule has 6 aromatic rings. The lowest BCUT2D eigenvalue weighted by atomic mass is 10.0. The van der Waals surface area contributed by atoms with Gasteiger partial charge in [0.2, 0.25) is 0 Å². The Labute approximate surface area is 162 Å². The van der Waals surface area contributed by atoms with Crippen molar-refractivity contribution in [2.75, 3.05) is 0 Å². The van der Waals surface area contributed by atoms with E-state index < -0.39 is 0 Å².